The third-order valence-corrected chi connectivity index (χ3v) is 2.24. The number of rotatable bonds is 5. The highest BCUT2D eigenvalue weighted by Crippen LogP contribution is 2.18. The number of halogens is 1. The van der Waals surface area contributed by atoms with Gasteiger partial charge in [0.1, 0.15) is 5.75 Å². The molecule has 0 aliphatic heterocycles. The van der Waals surface area contributed by atoms with Gasteiger partial charge in [0.2, 0.25) is 0 Å². The van der Waals surface area contributed by atoms with Gasteiger partial charge >= 0.3 is 7.40 Å². The molecule has 17 heavy (non-hydrogen) atoms. The van der Waals surface area contributed by atoms with E-state index in [0.717, 1.165) is 11.3 Å². The minimum absolute atomic E-state index is 0. The molecule has 1 rings (SSSR count). The second-order valence-electron chi connectivity index (χ2n) is 3.39. The molecule has 0 saturated heterocycles. The summed E-state index contributed by atoms with van der Waals surface area (Å²) in [5.74, 6) is 0.498. The van der Waals surface area contributed by atoms with Crippen LogP contribution in [0.5, 0.6) is 5.75 Å². The molecule has 1 unspecified atom stereocenters. The molecule has 4 nitrogen and oxygen atoms in total. The molecule has 0 aromatic heterocycles. The molecule has 0 bridgehead atoms. The van der Waals surface area contributed by atoms with Crippen molar-refractivity contribution in [2.75, 3.05) is 13.7 Å². The zero-order valence-electron chi connectivity index (χ0n) is 11.0. The van der Waals surface area contributed by atoms with E-state index in [-0.39, 0.29) is 32.3 Å². The average Bonchev–Trinajstić information content (AvgIpc) is 2.29. The normalized spacial score (nSPS) is 11.2. The van der Waals surface area contributed by atoms with E-state index in [1.807, 2.05) is 24.3 Å². The zero-order valence-corrected chi connectivity index (χ0v) is 10.7. The van der Waals surface area contributed by atoms with Gasteiger partial charge in [0.05, 0.1) is 20.1 Å². The molecule has 2 N–H and O–H groups in total. The van der Waals surface area contributed by atoms with Gasteiger partial charge in [-0.3, -0.25) is 4.79 Å². The third-order valence-electron chi connectivity index (χ3n) is 2.24. The van der Waals surface area contributed by atoms with E-state index < -0.39 is 0 Å². The van der Waals surface area contributed by atoms with Crippen LogP contribution in [0.15, 0.2) is 24.3 Å². The summed E-state index contributed by atoms with van der Waals surface area (Å²) in [6, 6.07) is 7.01. The number of methoxy groups -OCH3 is 1. The molecule has 0 saturated carbocycles. The SMILES string of the molecule is CCOC(=O)CC(N)c1ccc(OC)cc1.[Cl-].[H+]. The lowest BCUT2D eigenvalue weighted by Gasteiger charge is -2.11. The maximum Gasteiger partial charge on any atom is 1.00 e. The maximum atomic E-state index is 11.2. The molecule has 0 amide bonds. The summed E-state index contributed by atoms with van der Waals surface area (Å²) in [7, 11) is 1.60. The Hall–Kier alpha value is -1.26. The van der Waals surface area contributed by atoms with Crippen LogP contribution in [0, 0.1) is 0 Å². The predicted molar refractivity (Wildman–Crippen MR) is 62.3 cm³/mol. The van der Waals surface area contributed by atoms with E-state index in [4.69, 9.17) is 15.2 Å². The van der Waals surface area contributed by atoms with Gasteiger partial charge in [-0.05, 0) is 24.6 Å². The van der Waals surface area contributed by atoms with E-state index in [1.54, 1.807) is 14.0 Å². The number of hydrogen-bond acceptors (Lipinski definition) is 4. The molecule has 0 fully saturated rings. The Morgan fingerprint density at radius 1 is 1.41 bits per heavy atom. The molecule has 0 aliphatic carbocycles. The Balaban J connectivity index is 0. The topological polar surface area (TPSA) is 61.5 Å². The van der Waals surface area contributed by atoms with Gasteiger partial charge in [-0.2, -0.15) is 0 Å². The first kappa shape index (κ1) is 15.7. The van der Waals surface area contributed by atoms with Gasteiger partial charge in [-0.15, -0.1) is 0 Å². The molecule has 1 atom stereocenters. The van der Waals surface area contributed by atoms with Gasteiger partial charge in [0.25, 0.3) is 0 Å². The Labute approximate surface area is 109 Å². The molecule has 1 aromatic rings. The van der Waals surface area contributed by atoms with Crippen LogP contribution in [0.1, 0.15) is 26.4 Å². The van der Waals surface area contributed by atoms with Crippen molar-refractivity contribution in [3.05, 3.63) is 29.8 Å². The summed E-state index contributed by atoms with van der Waals surface area (Å²) in [5, 5.41) is 0. The minimum Gasteiger partial charge on any atom is -1.00 e. The number of carbonyl (C=O) groups excluding carboxylic acids is 1. The molecular formula is C12H18ClNO3. The Bertz CT molecular complexity index is 346. The lowest BCUT2D eigenvalue weighted by atomic mass is 10.0. The highest BCUT2D eigenvalue weighted by atomic mass is 35.5. The largest absolute Gasteiger partial charge is 1.00 e. The fourth-order valence-corrected chi connectivity index (χ4v) is 1.37. The monoisotopic (exact) mass is 259 g/mol. The van der Waals surface area contributed by atoms with Crippen molar-refractivity contribution in [3.8, 4) is 5.75 Å². The molecule has 0 aliphatic rings. The van der Waals surface area contributed by atoms with Gasteiger partial charge in [-0.25, -0.2) is 0 Å². The van der Waals surface area contributed by atoms with Crippen molar-refractivity contribution in [2.45, 2.75) is 19.4 Å². The van der Waals surface area contributed by atoms with Crippen LogP contribution in [0.4, 0.5) is 0 Å². The van der Waals surface area contributed by atoms with Crippen LogP contribution in [-0.2, 0) is 9.53 Å². The van der Waals surface area contributed by atoms with Gasteiger partial charge in [0.15, 0.2) is 0 Å². The van der Waals surface area contributed by atoms with E-state index in [2.05, 4.69) is 0 Å². The van der Waals surface area contributed by atoms with E-state index in [9.17, 15) is 4.79 Å². The van der Waals surface area contributed by atoms with Crippen LogP contribution >= 0.6 is 0 Å². The second kappa shape index (κ2) is 7.92. The summed E-state index contributed by atoms with van der Waals surface area (Å²) < 4.78 is 9.87. The average molecular weight is 260 g/mol. The first-order valence-corrected chi connectivity index (χ1v) is 5.22. The first-order valence-electron chi connectivity index (χ1n) is 5.22. The minimum atomic E-state index is -0.329. The number of nitrogens with two attached hydrogens (primary N) is 1. The van der Waals surface area contributed by atoms with Crippen molar-refractivity contribution in [2.24, 2.45) is 5.73 Å². The Morgan fingerprint density at radius 3 is 2.47 bits per heavy atom. The zero-order chi connectivity index (χ0) is 12.0. The molecule has 1 aromatic carbocycles. The fraction of sp³-hybridized carbons (Fsp3) is 0.417. The Kier molecular flexibility index (Phi) is 7.34. The highest BCUT2D eigenvalue weighted by Gasteiger charge is 2.12. The van der Waals surface area contributed by atoms with Crippen LogP contribution in [0.2, 0.25) is 0 Å². The van der Waals surface area contributed by atoms with Crippen LogP contribution < -0.4 is 22.9 Å². The molecule has 5 heteroatoms. The number of carbonyl (C=O) groups is 1. The fourth-order valence-electron chi connectivity index (χ4n) is 1.37. The first-order chi connectivity index (χ1) is 7.67. The van der Waals surface area contributed by atoms with Crippen molar-refractivity contribution >= 4 is 5.97 Å². The number of hydrogen-bond donors (Lipinski definition) is 1. The van der Waals surface area contributed by atoms with Gasteiger partial charge in [0, 0.05) is 6.04 Å². The van der Waals surface area contributed by atoms with Crippen LogP contribution in [-0.4, -0.2) is 19.7 Å². The summed E-state index contributed by atoms with van der Waals surface area (Å²) in [5.41, 5.74) is 6.77. The van der Waals surface area contributed by atoms with Crippen LogP contribution in [0.3, 0.4) is 0 Å². The standard InChI is InChI=1S/C12H17NO3.ClH/c1-3-16-12(14)8-11(13)9-4-6-10(15-2)7-5-9;/h4-7,11H,3,8,13H2,1-2H3;1H. The molecule has 96 valence electrons. The highest BCUT2D eigenvalue weighted by molar-refractivity contribution is 5.70. The van der Waals surface area contributed by atoms with Gasteiger partial charge in [-0.1, -0.05) is 12.1 Å². The van der Waals surface area contributed by atoms with Crippen molar-refractivity contribution in [1.29, 1.82) is 0 Å². The lowest BCUT2D eigenvalue weighted by Crippen LogP contribution is -3.00. The van der Waals surface area contributed by atoms with Crippen molar-refractivity contribution < 1.29 is 28.1 Å². The quantitative estimate of drug-likeness (QED) is 0.673. The molecule has 0 heterocycles. The molecule has 0 radical (unpaired) electrons. The predicted octanol–water partition coefficient (Wildman–Crippen LogP) is -1.24. The van der Waals surface area contributed by atoms with E-state index >= 15 is 0 Å². The van der Waals surface area contributed by atoms with Crippen molar-refractivity contribution in [1.82, 2.24) is 0 Å². The summed E-state index contributed by atoms with van der Waals surface area (Å²) >= 11 is 0. The number of esters is 1. The summed E-state index contributed by atoms with van der Waals surface area (Å²) in [6.45, 7) is 2.16. The number of benzene rings is 1. The van der Waals surface area contributed by atoms with Gasteiger partial charge < -0.3 is 27.6 Å². The summed E-state index contributed by atoms with van der Waals surface area (Å²) in [6.07, 6.45) is 0.195. The molecular weight excluding hydrogens is 242 g/mol. The number of ether oxygens (including phenoxy) is 2. The third kappa shape index (κ3) is 5.06. The van der Waals surface area contributed by atoms with Crippen LogP contribution in [0.25, 0.3) is 0 Å². The second-order valence-corrected chi connectivity index (χ2v) is 3.39. The maximum absolute atomic E-state index is 11.2. The van der Waals surface area contributed by atoms with E-state index in [1.165, 1.54) is 0 Å². The molecule has 0 spiro atoms. The van der Waals surface area contributed by atoms with Crippen molar-refractivity contribution in [3.63, 3.8) is 0 Å². The van der Waals surface area contributed by atoms with E-state index in [0.29, 0.717) is 6.61 Å². The lowest BCUT2D eigenvalue weighted by molar-refractivity contribution is -0.143. The smallest absolute Gasteiger partial charge is 1.00 e. The Morgan fingerprint density at radius 2 is 2.00 bits per heavy atom. The summed E-state index contributed by atoms with van der Waals surface area (Å²) in [4.78, 5) is 11.2.